The summed E-state index contributed by atoms with van der Waals surface area (Å²) < 4.78 is 0.724. The van der Waals surface area contributed by atoms with Crippen molar-refractivity contribution >= 4 is 23.5 Å². The smallest absolute Gasteiger partial charge is 0.0924 e. The van der Waals surface area contributed by atoms with E-state index in [0.717, 1.165) is 0 Å². The minimum absolute atomic E-state index is 0.283. The standard InChI is InChI=1S/C11H17NS2/c1-11(2,3)14-10(13-4)9-7-5-6-8-12-9/h5-8,10H,1-4H3. The minimum atomic E-state index is 0.283. The summed E-state index contributed by atoms with van der Waals surface area (Å²) in [5, 5.41) is 0. The molecule has 0 spiro atoms. The third-order valence-corrected chi connectivity index (χ3v) is 4.30. The predicted molar refractivity (Wildman–Crippen MR) is 67.8 cm³/mol. The molecule has 1 heterocycles. The van der Waals surface area contributed by atoms with Crippen molar-refractivity contribution in [2.75, 3.05) is 6.26 Å². The average Bonchev–Trinajstić information content (AvgIpc) is 2.14. The van der Waals surface area contributed by atoms with E-state index in [4.69, 9.17) is 0 Å². The van der Waals surface area contributed by atoms with Gasteiger partial charge >= 0.3 is 0 Å². The van der Waals surface area contributed by atoms with Crippen molar-refractivity contribution in [2.45, 2.75) is 30.1 Å². The number of hydrogen-bond donors (Lipinski definition) is 0. The molecule has 14 heavy (non-hydrogen) atoms. The van der Waals surface area contributed by atoms with Gasteiger partial charge in [-0.25, -0.2) is 0 Å². The largest absolute Gasteiger partial charge is 0.259 e. The minimum Gasteiger partial charge on any atom is -0.259 e. The first kappa shape index (κ1) is 11.9. The molecule has 0 fully saturated rings. The van der Waals surface area contributed by atoms with Crippen LogP contribution in [0.4, 0.5) is 0 Å². The zero-order valence-corrected chi connectivity index (χ0v) is 10.8. The third-order valence-electron chi connectivity index (χ3n) is 1.60. The first-order chi connectivity index (χ1) is 6.53. The van der Waals surface area contributed by atoms with Gasteiger partial charge in [0.2, 0.25) is 0 Å². The molecule has 1 rings (SSSR count). The van der Waals surface area contributed by atoms with Gasteiger partial charge in [0.1, 0.15) is 0 Å². The van der Waals surface area contributed by atoms with Crippen LogP contribution in [-0.2, 0) is 0 Å². The highest BCUT2D eigenvalue weighted by atomic mass is 32.2. The number of hydrogen-bond acceptors (Lipinski definition) is 3. The molecule has 0 N–H and O–H groups in total. The van der Waals surface area contributed by atoms with E-state index in [-0.39, 0.29) is 4.75 Å². The summed E-state index contributed by atoms with van der Waals surface area (Å²) in [6.45, 7) is 6.72. The van der Waals surface area contributed by atoms with Gasteiger partial charge in [-0.2, -0.15) is 0 Å². The second-order valence-electron chi connectivity index (χ2n) is 4.05. The van der Waals surface area contributed by atoms with Crippen LogP contribution in [0.2, 0.25) is 0 Å². The highest BCUT2D eigenvalue weighted by Crippen LogP contribution is 2.43. The van der Waals surface area contributed by atoms with Crippen LogP contribution in [0.3, 0.4) is 0 Å². The van der Waals surface area contributed by atoms with E-state index in [9.17, 15) is 0 Å². The summed E-state index contributed by atoms with van der Waals surface area (Å²) in [5.74, 6) is 0. The van der Waals surface area contributed by atoms with Crippen LogP contribution in [0.25, 0.3) is 0 Å². The van der Waals surface area contributed by atoms with Crippen molar-refractivity contribution in [2.24, 2.45) is 0 Å². The molecular formula is C11H17NS2. The molecule has 1 aromatic rings. The number of rotatable bonds is 3. The molecule has 0 saturated heterocycles. The van der Waals surface area contributed by atoms with Crippen molar-refractivity contribution < 1.29 is 0 Å². The van der Waals surface area contributed by atoms with Crippen molar-refractivity contribution in [3.05, 3.63) is 30.1 Å². The fourth-order valence-electron chi connectivity index (χ4n) is 1.07. The lowest BCUT2D eigenvalue weighted by Gasteiger charge is -2.23. The number of nitrogens with zero attached hydrogens (tertiary/aromatic N) is 1. The van der Waals surface area contributed by atoms with Gasteiger partial charge in [-0.05, 0) is 18.4 Å². The molecule has 0 amide bonds. The van der Waals surface area contributed by atoms with Gasteiger partial charge in [0, 0.05) is 10.9 Å². The van der Waals surface area contributed by atoms with Crippen LogP contribution < -0.4 is 0 Å². The molecule has 1 unspecified atom stereocenters. The van der Waals surface area contributed by atoms with Gasteiger partial charge in [-0.3, -0.25) is 4.98 Å². The molecule has 0 aliphatic heterocycles. The Morgan fingerprint density at radius 3 is 2.43 bits per heavy atom. The molecule has 0 aliphatic rings. The quantitative estimate of drug-likeness (QED) is 0.725. The first-order valence-corrected chi connectivity index (χ1v) is 6.81. The molecule has 0 aromatic carbocycles. The van der Waals surface area contributed by atoms with Crippen LogP contribution in [0.1, 0.15) is 31.0 Å². The average molecular weight is 227 g/mol. The van der Waals surface area contributed by atoms with Gasteiger partial charge in [0.05, 0.1) is 10.3 Å². The molecule has 78 valence electrons. The molecule has 0 radical (unpaired) electrons. The fourth-order valence-corrected chi connectivity index (χ4v) is 3.60. The van der Waals surface area contributed by atoms with E-state index >= 15 is 0 Å². The van der Waals surface area contributed by atoms with Crippen LogP contribution in [-0.4, -0.2) is 16.0 Å². The summed E-state index contributed by atoms with van der Waals surface area (Å²) in [5.41, 5.74) is 1.17. The Kier molecular flexibility index (Phi) is 4.32. The molecule has 1 atom stereocenters. The molecule has 1 aromatic heterocycles. The van der Waals surface area contributed by atoms with E-state index in [1.54, 1.807) is 0 Å². The van der Waals surface area contributed by atoms with Crippen molar-refractivity contribution in [1.82, 2.24) is 4.98 Å². The number of aromatic nitrogens is 1. The normalized spacial score (nSPS) is 14.0. The van der Waals surface area contributed by atoms with Gasteiger partial charge in [-0.15, -0.1) is 23.5 Å². The first-order valence-electron chi connectivity index (χ1n) is 4.64. The number of thioether (sulfide) groups is 2. The summed E-state index contributed by atoms with van der Waals surface area (Å²) in [6, 6.07) is 6.11. The molecule has 0 saturated carbocycles. The van der Waals surface area contributed by atoms with Crippen LogP contribution >= 0.6 is 23.5 Å². The summed E-state index contributed by atoms with van der Waals surface area (Å²) in [7, 11) is 0. The Morgan fingerprint density at radius 1 is 1.29 bits per heavy atom. The Hall–Kier alpha value is -0.150. The second kappa shape index (κ2) is 5.08. The predicted octanol–water partition coefficient (Wildman–Crippen LogP) is 3.97. The maximum Gasteiger partial charge on any atom is 0.0924 e. The molecular weight excluding hydrogens is 210 g/mol. The zero-order valence-electron chi connectivity index (χ0n) is 9.15. The van der Waals surface area contributed by atoms with Gasteiger partial charge in [0.15, 0.2) is 0 Å². The Morgan fingerprint density at radius 2 is 2.00 bits per heavy atom. The zero-order chi connectivity index (χ0) is 10.6. The van der Waals surface area contributed by atoms with E-state index < -0.39 is 0 Å². The lowest BCUT2D eigenvalue weighted by atomic mass is 10.3. The molecule has 1 nitrogen and oxygen atoms in total. The van der Waals surface area contributed by atoms with Crippen LogP contribution in [0, 0.1) is 0 Å². The Labute approximate surface area is 95.1 Å². The lowest BCUT2D eigenvalue weighted by Crippen LogP contribution is -2.10. The van der Waals surface area contributed by atoms with Gasteiger partial charge in [-0.1, -0.05) is 26.8 Å². The monoisotopic (exact) mass is 227 g/mol. The second-order valence-corrected chi connectivity index (χ2v) is 7.23. The lowest BCUT2D eigenvalue weighted by molar-refractivity contribution is 0.800. The summed E-state index contributed by atoms with van der Waals surface area (Å²) >= 11 is 3.81. The molecule has 0 bridgehead atoms. The third kappa shape index (κ3) is 3.93. The fraction of sp³-hybridized carbons (Fsp3) is 0.545. The van der Waals surface area contributed by atoms with E-state index in [1.165, 1.54) is 5.69 Å². The van der Waals surface area contributed by atoms with E-state index in [1.807, 2.05) is 35.8 Å². The van der Waals surface area contributed by atoms with E-state index in [0.29, 0.717) is 4.58 Å². The summed E-state index contributed by atoms with van der Waals surface area (Å²) in [6.07, 6.45) is 4.00. The topological polar surface area (TPSA) is 12.9 Å². The maximum atomic E-state index is 4.39. The van der Waals surface area contributed by atoms with Gasteiger partial charge < -0.3 is 0 Å². The number of pyridine rings is 1. The van der Waals surface area contributed by atoms with Gasteiger partial charge in [0.25, 0.3) is 0 Å². The van der Waals surface area contributed by atoms with E-state index in [2.05, 4.69) is 44.1 Å². The SMILES string of the molecule is CSC(SC(C)(C)C)c1ccccn1. The Balaban J connectivity index is 2.73. The molecule has 3 heteroatoms. The van der Waals surface area contributed by atoms with Crippen LogP contribution in [0.5, 0.6) is 0 Å². The Bertz CT molecular complexity index is 266. The van der Waals surface area contributed by atoms with Crippen molar-refractivity contribution in [3.8, 4) is 0 Å². The maximum absolute atomic E-state index is 4.39. The summed E-state index contributed by atoms with van der Waals surface area (Å²) in [4.78, 5) is 4.39. The van der Waals surface area contributed by atoms with Crippen LogP contribution in [0.15, 0.2) is 24.4 Å². The highest BCUT2D eigenvalue weighted by molar-refractivity contribution is 8.16. The highest BCUT2D eigenvalue weighted by Gasteiger charge is 2.20. The van der Waals surface area contributed by atoms with Crippen molar-refractivity contribution in [1.29, 1.82) is 0 Å². The molecule has 0 aliphatic carbocycles. The van der Waals surface area contributed by atoms with Crippen molar-refractivity contribution in [3.63, 3.8) is 0 Å².